The van der Waals surface area contributed by atoms with Crippen LogP contribution in [-0.2, 0) is 4.79 Å². The van der Waals surface area contributed by atoms with Crippen molar-refractivity contribution in [2.45, 2.75) is 78.1 Å². The molecule has 2 saturated carbocycles. The molecule has 0 aromatic rings. The van der Waals surface area contributed by atoms with Gasteiger partial charge in [0, 0.05) is 0 Å². The van der Waals surface area contributed by atoms with Crippen molar-refractivity contribution >= 4 is 6.47 Å². The van der Waals surface area contributed by atoms with Gasteiger partial charge in [0.1, 0.15) is 0 Å². The van der Waals surface area contributed by atoms with E-state index in [9.17, 15) is 0 Å². The Kier molecular flexibility index (Phi) is 8.16. The van der Waals surface area contributed by atoms with Crippen molar-refractivity contribution in [1.29, 1.82) is 0 Å². The highest BCUT2D eigenvalue weighted by Gasteiger charge is 2.29. The zero-order valence-electron chi connectivity index (χ0n) is 12.8. The van der Waals surface area contributed by atoms with Gasteiger partial charge in [-0.25, -0.2) is 0 Å². The Bertz CT molecular complexity index is 223. The van der Waals surface area contributed by atoms with E-state index in [2.05, 4.69) is 13.8 Å². The van der Waals surface area contributed by atoms with Gasteiger partial charge in [0.2, 0.25) is 0 Å². The SMILES string of the molecule is CCCC1CCC(C2CCC(C)CC2)CC1.O=CO. The maximum absolute atomic E-state index is 8.36. The van der Waals surface area contributed by atoms with Crippen LogP contribution in [0, 0.1) is 23.7 Å². The lowest BCUT2D eigenvalue weighted by Gasteiger charge is -2.37. The Morgan fingerprint density at radius 3 is 1.79 bits per heavy atom. The topological polar surface area (TPSA) is 37.3 Å². The first-order valence-electron chi connectivity index (χ1n) is 8.29. The average Bonchev–Trinajstić information content (AvgIpc) is 2.42. The van der Waals surface area contributed by atoms with Crippen molar-refractivity contribution in [2.75, 3.05) is 0 Å². The predicted molar refractivity (Wildman–Crippen MR) is 80.2 cm³/mol. The quantitative estimate of drug-likeness (QED) is 0.721. The highest BCUT2D eigenvalue weighted by molar-refractivity contribution is 5.32. The Morgan fingerprint density at radius 2 is 1.37 bits per heavy atom. The summed E-state index contributed by atoms with van der Waals surface area (Å²) in [5.41, 5.74) is 0. The molecule has 0 aliphatic heterocycles. The van der Waals surface area contributed by atoms with Crippen molar-refractivity contribution in [3.05, 3.63) is 0 Å². The molecule has 0 radical (unpaired) electrons. The van der Waals surface area contributed by atoms with Gasteiger partial charge in [-0.1, -0.05) is 52.4 Å². The Morgan fingerprint density at radius 1 is 0.947 bits per heavy atom. The zero-order chi connectivity index (χ0) is 14.1. The van der Waals surface area contributed by atoms with E-state index in [0.29, 0.717) is 0 Å². The molecule has 2 nitrogen and oxygen atoms in total. The summed E-state index contributed by atoms with van der Waals surface area (Å²) in [7, 11) is 0. The highest BCUT2D eigenvalue weighted by atomic mass is 16.3. The Balaban J connectivity index is 0.000000550. The van der Waals surface area contributed by atoms with E-state index in [1.165, 1.54) is 25.7 Å². The molecular formula is C17H32O2. The van der Waals surface area contributed by atoms with Gasteiger partial charge >= 0.3 is 0 Å². The normalized spacial score (nSPS) is 35.1. The second-order valence-corrected chi connectivity index (χ2v) is 6.69. The van der Waals surface area contributed by atoms with Crippen molar-refractivity contribution in [3.8, 4) is 0 Å². The Hall–Kier alpha value is -0.530. The van der Waals surface area contributed by atoms with Crippen LogP contribution in [0.4, 0.5) is 0 Å². The summed E-state index contributed by atoms with van der Waals surface area (Å²) in [6.45, 7) is 4.53. The van der Waals surface area contributed by atoms with E-state index in [-0.39, 0.29) is 6.47 Å². The summed E-state index contributed by atoms with van der Waals surface area (Å²) in [6.07, 6.45) is 15.2. The van der Waals surface area contributed by atoms with E-state index >= 15 is 0 Å². The smallest absolute Gasteiger partial charge is 0.290 e. The molecule has 0 bridgehead atoms. The molecule has 0 atom stereocenters. The van der Waals surface area contributed by atoms with Gasteiger partial charge in [-0.05, 0) is 49.4 Å². The first-order chi connectivity index (χ1) is 9.21. The second kappa shape index (κ2) is 9.39. The van der Waals surface area contributed by atoms with Gasteiger partial charge in [0.05, 0.1) is 0 Å². The molecule has 19 heavy (non-hydrogen) atoms. The number of carboxylic acid groups (broad SMARTS) is 1. The molecular weight excluding hydrogens is 236 g/mol. The maximum atomic E-state index is 8.36. The molecule has 0 heterocycles. The number of carbonyl (C=O) groups is 1. The lowest BCUT2D eigenvalue weighted by atomic mass is 9.69. The van der Waals surface area contributed by atoms with Gasteiger partial charge in [0.15, 0.2) is 0 Å². The third-order valence-corrected chi connectivity index (χ3v) is 5.32. The van der Waals surface area contributed by atoms with E-state index in [1.807, 2.05) is 0 Å². The van der Waals surface area contributed by atoms with Crippen molar-refractivity contribution in [1.82, 2.24) is 0 Å². The summed E-state index contributed by atoms with van der Waals surface area (Å²) in [6, 6.07) is 0. The molecule has 2 fully saturated rings. The summed E-state index contributed by atoms with van der Waals surface area (Å²) in [5.74, 6) is 4.33. The van der Waals surface area contributed by atoms with Crippen molar-refractivity contribution < 1.29 is 9.90 Å². The van der Waals surface area contributed by atoms with Crippen LogP contribution in [0.3, 0.4) is 0 Å². The van der Waals surface area contributed by atoms with Crippen LogP contribution in [0.15, 0.2) is 0 Å². The van der Waals surface area contributed by atoms with Gasteiger partial charge < -0.3 is 5.11 Å². The van der Waals surface area contributed by atoms with E-state index in [4.69, 9.17) is 9.90 Å². The molecule has 112 valence electrons. The first kappa shape index (κ1) is 16.5. The van der Waals surface area contributed by atoms with Crippen molar-refractivity contribution in [2.24, 2.45) is 23.7 Å². The zero-order valence-corrected chi connectivity index (χ0v) is 12.8. The van der Waals surface area contributed by atoms with Gasteiger partial charge in [-0.15, -0.1) is 0 Å². The Labute approximate surface area is 119 Å². The molecule has 0 unspecified atom stereocenters. The van der Waals surface area contributed by atoms with Crippen LogP contribution in [0.25, 0.3) is 0 Å². The molecule has 2 rings (SSSR count). The fourth-order valence-electron chi connectivity index (χ4n) is 4.11. The van der Waals surface area contributed by atoms with E-state index < -0.39 is 0 Å². The summed E-state index contributed by atoms with van der Waals surface area (Å²) in [5, 5.41) is 6.89. The third kappa shape index (κ3) is 5.97. The molecule has 2 heteroatoms. The van der Waals surface area contributed by atoms with Crippen LogP contribution in [-0.4, -0.2) is 11.6 Å². The molecule has 0 aromatic heterocycles. The van der Waals surface area contributed by atoms with Crippen LogP contribution >= 0.6 is 0 Å². The minimum Gasteiger partial charge on any atom is -0.483 e. The highest BCUT2D eigenvalue weighted by Crippen LogP contribution is 2.41. The first-order valence-corrected chi connectivity index (χ1v) is 8.29. The number of hydrogen-bond donors (Lipinski definition) is 1. The maximum Gasteiger partial charge on any atom is 0.290 e. The van der Waals surface area contributed by atoms with Crippen LogP contribution < -0.4 is 0 Å². The van der Waals surface area contributed by atoms with E-state index in [0.717, 1.165) is 23.7 Å². The standard InChI is InChI=1S/C16H30.CH2O2/c1-3-4-14-7-11-16(12-8-14)15-9-5-13(2)6-10-15;2-1-3/h13-16H,3-12H2,1-2H3;1H,(H,2,3). The van der Waals surface area contributed by atoms with Gasteiger partial charge in [-0.3, -0.25) is 4.79 Å². The summed E-state index contributed by atoms with van der Waals surface area (Å²) >= 11 is 0. The van der Waals surface area contributed by atoms with Crippen LogP contribution in [0.5, 0.6) is 0 Å². The average molecular weight is 268 g/mol. The van der Waals surface area contributed by atoms with Gasteiger partial charge in [-0.2, -0.15) is 0 Å². The molecule has 0 amide bonds. The summed E-state index contributed by atoms with van der Waals surface area (Å²) in [4.78, 5) is 8.36. The second-order valence-electron chi connectivity index (χ2n) is 6.69. The third-order valence-electron chi connectivity index (χ3n) is 5.32. The molecule has 2 aliphatic carbocycles. The predicted octanol–water partition coefficient (Wildman–Crippen LogP) is 5.12. The molecule has 0 spiro atoms. The largest absolute Gasteiger partial charge is 0.483 e. The van der Waals surface area contributed by atoms with Gasteiger partial charge in [0.25, 0.3) is 6.47 Å². The molecule has 0 saturated heterocycles. The van der Waals surface area contributed by atoms with Crippen molar-refractivity contribution in [3.63, 3.8) is 0 Å². The minimum absolute atomic E-state index is 0.250. The minimum atomic E-state index is -0.250. The lowest BCUT2D eigenvalue weighted by molar-refractivity contribution is -0.122. The molecule has 1 N–H and O–H groups in total. The number of hydrogen-bond acceptors (Lipinski definition) is 1. The molecule has 0 aromatic carbocycles. The van der Waals surface area contributed by atoms with Crippen LogP contribution in [0.2, 0.25) is 0 Å². The molecule has 2 aliphatic rings. The van der Waals surface area contributed by atoms with Crippen LogP contribution in [0.1, 0.15) is 78.1 Å². The fraction of sp³-hybridized carbons (Fsp3) is 0.941. The van der Waals surface area contributed by atoms with E-state index in [1.54, 1.807) is 38.5 Å². The summed E-state index contributed by atoms with van der Waals surface area (Å²) < 4.78 is 0. The monoisotopic (exact) mass is 268 g/mol. The lowest BCUT2D eigenvalue weighted by Crippen LogP contribution is -2.25. The number of rotatable bonds is 3. The fourth-order valence-corrected chi connectivity index (χ4v) is 4.11.